The SMILES string of the molecule is C[C@@H]1[C@H](C)[C@@H](Cc2ccc3c(c2)OCO3)O[C@H]1Cc1ccc2c(c1)OCO2. The van der Waals surface area contributed by atoms with E-state index >= 15 is 0 Å². The molecule has 142 valence electrons. The third-order valence-electron chi connectivity index (χ3n) is 6.10. The third kappa shape index (κ3) is 3.10. The molecule has 0 aliphatic carbocycles. The molecule has 1 fully saturated rings. The van der Waals surface area contributed by atoms with Crippen LogP contribution in [0.1, 0.15) is 25.0 Å². The van der Waals surface area contributed by atoms with Crippen LogP contribution >= 0.6 is 0 Å². The molecule has 2 aromatic carbocycles. The van der Waals surface area contributed by atoms with Gasteiger partial charge in [0.15, 0.2) is 23.0 Å². The van der Waals surface area contributed by atoms with E-state index in [0.717, 1.165) is 35.8 Å². The molecule has 0 bridgehead atoms. The molecule has 4 atom stereocenters. The van der Waals surface area contributed by atoms with Crippen molar-refractivity contribution in [3.8, 4) is 23.0 Å². The summed E-state index contributed by atoms with van der Waals surface area (Å²) in [5, 5.41) is 0. The van der Waals surface area contributed by atoms with Crippen LogP contribution < -0.4 is 18.9 Å². The molecule has 2 aromatic rings. The van der Waals surface area contributed by atoms with Crippen LogP contribution in [-0.2, 0) is 17.6 Å². The molecule has 0 aromatic heterocycles. The molecule has 0 unspecified atom stereocenters. The highest BCUT2D eigenvalue weighted by atomic mass is 16.7. The third-order valence-corrected chi connectivity index (χ3v) is 6.10. The second-order valence-electron chi connectivity index (χ2n) is 7.71. The van der Waals surface area contributed by atoms with Crippen molar-refractivity contribution >= 4 is 0 Å². The molecule has 5 heteroatoms. The summed E-state index contributed by atoms with van der Waals surface area (Å²) in [7, 11) is 0. The van der Waals surface area contributed by atoms with Crippen molar-refractivity contribution in [2.24, 2.45) is 11.8 Å². The fraction of sp³-hybridized carbons (Fsp3) is 0.455. The molecule has 3 aliphatic heterocycles. The van der Waals surface area contributed by atoms with Gasteiger partial charge in [-0.05, 0) is 60.1 Å². The Bertz CT molecular complexity index is 779. The zero-order valence-corrected chi connectivity index (χ0v) is 15.6. The molecule has 0 spiro atoms. The smallest absolute Gasteiger partial charge is 0.231 e. The van der Waals surface area contributed by atoms with Crippen molar-refractivity contribution in [2.45, 2.75) is 38.9 Å². The normalized spacial score (nSPS) is 27.9. The van der Waals surface area contributed by atoms with Gasteiger partial charge in [-0.3, -0.25) is 0 Å². The number of benzene rings is 2. The summed E-state index contributed by atoms with van der Waals surface area (Å²) in [6, 6.07) is 12.4. The first-order chi connectivity index (χ1) is 13.2. The Morgan fingerprint density at radius 1 is 0.667 bits per heavy atom. The Morgan fingerprint density at radius 3 is 1.59 bits per heavy atom. The first-order valence-corrected chi connectivity index (χ1v) is 9.60. The van der Waals surface area contributed by atoms with Crippen LogP contribution in [0.15, 0.2) is 36.4 Å². The maximum Gasteiger partial charge on any atom is 0.231 e. The largest absolute Gasteiger partial charge is 0.454 e. The number of hydrogen-bond acceptors (Lipinski definition) is 5. The van der Waals surface area contributed by atoms with Crippen molar-refractivity contribution < 1.29 is 23.7 Å². The number of fused-ring (bicyclic) bond motifs is 2. The maximum atomic E-state index is 6.49. The van der Waals surface area contributed by atoms with Gasteiger partial charge in [-0.25, -0.2) is 0 Å². The van der Waals surface area contributed by atoms with Gasteiger partial charge in [0.1, 0.15) is 0 Å². The molecule has 3 heterocycles. The summed E-state index contributed by atoms with van der Waals surface area (Å²) < 4.78 is 28.3. The summed E-state index contributed by atoms with van der Waals surface area (Å²) in [4.78, 5) is 0. The predicted molar refractivity (Wildman–Crippen MR) is 99.5 cm³/mol. The monoisotopic (exact) mass is 368 g/mol. The van der Waals surface area contributed by atoms with Gasteiger partial charge in [-0.15, -0.1) is 0 Å². The maximum absolute atomic E-state index is 6.49. The molecule has 1 saturated heterocycles. The minimum Gasteiger partial charge on any atom is -0.454 e. The van der Waals surface area contributed by atoms with Crippen LogP contribution in [0.2, 0.25) is 0 Å². The lowest BCUT2D eigenvalue weighted by Gasteiger charge is -2.16. The van der Waals surface area contributed by atoms with Crippen molar-refractivity contribution in [1.82, 2.24) is 0 Å². The van der Waals surface area contributed by atoms with E-state index in [2.05, 4.69) is 38.1 Å². The van der Waals surface area contributed by atoms with E-state index in [-0.39, 0.29) is 12.2 Å². The molecule has 5 nitrogen and oxygen atoms in total. The van der Waals surface area contributed by atoms with Crippen molar-refractivity contribution in [3.05, 3.63) is 47.5 Å². The summed E-state index contributed by atoms with van der Waals surface area (Å²) in [5.41, 5.74) is 2.46. The number of hydrogen-bond donors (Lipinski definition) is 0. The van der Waals surface area contributed by atoms with E-state index < -0.39 is 0 Å². The first kappa shape index (κ1) is 16.8. The molecule has 0 amide bonds. The average molecular weight is 368 g/mol. The van der Waals surface area contributed by atoms with Crippen LogP contribution in [0.5, 0.6) is 23.0 Å². The Hall–Kier alpha value is -2.40. The van der Waals surface area contributed by atoms with Gasteiger partial charge in [-0.2, -0.15) is 0 Å². The Labute approximate surface area is 159 Å². The summed E-state index contributed by atoms with van der Waals surface area (Å²) >= 11 is 0. The summed E-state index contributed by atoms with van der Waals surface area (Å²) in [5.74, 6) is 4.32. The lowest BCUT2D eigenvalue weighted by Crippen LogP contribution is -2.18. The molecule has 27 heavy (non-hydrogen) atoms. The molecule has 3 aliphatic rings. The van der Waals surface area contributed by atoms with Gasteiger partial charge in [0.25, 0.3) is 0 Å². The highest BCUT2D eigenvalue weighted by Crippen LogP contribution is 2.39. The highest BCUT2D eigenvalue weighted by molar-refractivity contribution is 5.45. The van der Waals surface area contributed by atoms with Gasteiger partial charge in [0, 0.05) is 0 Å². The lowest BCUT2D eigenvalue weighted by molar-refractivity contribution is 0.0316. The molecular formula is C22H24O5. The van der Waals surface area contributed by atoms with Gasteiger partial charge in [0.2, 0.25) is 13.6 Å². The molecule has 0 radical (unpaired) electrons. The molecule has 5 rings (SSSR count). The standard InChI is InChI=1S/C22H24O5/c1-13-14(2)20(8-16-4-6-18-22(10-16)26-12-24-18)27-19(13)7-15-3-5-17-21(9-15)25-11-23-17/h3-6,9-10,13-14,19-20H,7-8,11-12H2,1-2H3/t13-,14+,19+,20-. The second-order valence-corrected chi connectivity index (χ2v) is 7.71. The topological polar surface area (TPSA) is 46.2 Å². The second kappa shape index (κ2) is 6.64. The van der Waals surface area contributed by atoms with E-state index in [1.54, 1.807) is 0 Å². The number of rotatable bonds is 4. The van der Waals surface area contributed by atoms with E-state index in [4.69, 9.17) is 23.7 Å². The minimum atomic E-state index is 0.208. The minimum absolute atomic E-state index is 0.208. The van der Waals surface area contributed by atoms with Crippen LogP contribution in [-0.4, -0.2) is 25.8 Å². The molecule has 0 N–H and O–H groups in total. The van der Waals surface area contributed by atoms with Gasteiger partial charge >= 0.3 is 0 Å². The quantitative estimate of drug-likeness (QED) is 0.817. The number of ether oxygens (including phenoxy) is 5. The Kier molecular flexibility index (Phi) is 4.12. The zero-order chi connectivity index (χ0) is 18.4. The predicted octanol–water partition coefficient (Wildman–Crippen LogP) is 3.97. The first-order valence-electron chi connectivity index (χ1n) is 9.60. The molecule has 0 saturated carbocycles. The van der Waals surface area contributed by atoms with Crippen LogP contribution in [0.3, 0.4) is 0 Å². The zero-order valence-electron chi connectivity index (χ0n) is 15.6. The van der Waals surface area contributed by atoms with Gasteiger partial charge < -0.3 is 23.7 Å². The lowest BCUT2D eigenvalue weighted by atomic mass is 9.86. The molecular weight excluding hydrogens is 344 g/mol. The van der Waals surface area contributed by atoms with E-state index in [9.17, 15) is 0 Å². The van der Waals surface area contributed by atoms with Crippen LogP contribution in [0.4, 0.5) is 0 Å². The highest BCUT2D eigenvalue weighted by Gasteiger charge is 2.39. The fourth-order valence-corrected chi connectivity index (χ4v) is 4.22. The Morgan fingerprint density at radius 2 is 1.11 bits per heavy atom. The van der Waals surface area contributed by atoms with Crippen LogP contribution in [0.25, 0.3) is 0 Å². The van der Waals surface area contributed by atoms with Gasteiger partial charge in [0.05, 0.1) is 12.2 Å². The Balaban J connectivity index is 1.27. The van der Waals surface area contributed by atoms with Gasteiger partial charge in [-0.1, -0.05) is 26.0 Å². The van der Waals surface area contributed by atoms with E-state index in [1.807, 2.05) is 12.1 Å². The van der Waals surface area contributed by atoms with Crippen molar-refractivity contribution in [3.63, 3.8) is 0 Å². The van der Waals surface area contributed by atoms with Crippen LogP contribution in [0, 0.1) is 11.8 Å². The average Bonchev–Trinajstić information content (AvgIpc) is 3.38. The fourth-order valence-electron chi connectivity index (χ4n) is 4.22. The summed E-state index contributed by atoms with van der Waals surface area (Å²) in [6.07, 6.45) is 2.19. The van der Waals surface area contributed by atoms with E-state index in [0.29, 0.717) is 25.4 Å². The van der Waals surface area contributed by atoms with Crippen molar-refractivity contribution in [2.75, 3.05) is 13.6 Å². The summed E-state index contributed by atoms with van der Waals surface area (Å²) in [6.45, 7) is 5.21. The van der Waals surface area contributed by atoms with E-state index in [1.165, 1.54) is 11.1 Å². The van der Waals surface area contributed by atoms with Crippen molar-refractivity contribution in [1.29, 1.82) is 0 Å².